The SMILES string of the molecule is CC(C)(OCc1ccccc1)C(N=C=O)C(=O)O. The lowest BCUT2D eigenvalue weighted by molar-refractivity contribution is -0.147. The van der Waals surface area contributed by atoms with E-state index in [0.717, 1.165) is 5.56 Å². The van der Waals surface area contributed by atoms with Crippen LogP contribution in [0.5, 0.6) is 0 Å². The molecule has 0 fully saturated rings. The number of carbonyl (C=O) groups excluding carboxylic acids is 1. The largest absolute Gasteiger partial charge is 0.480 e. The summed E-state index contributed by atoms with van der Waals surface area (Å²) < 4.78 is 5.54. The number of benzene rings is 1. The molecule has 0 radical (unpaired) electrons. The van der Waals surface area contributed by atoms with Crippen molar-refractivity contribution in [3.8, 4) is 0 Å². The van der Waals surface area contributed by atoms with Crippen molar-refractivity contribution in [1.29, 1.82) is 0 Å². The summed E-state index contributed by atoms with van der Waals surface area (Å²) in [5, 5.41) is 8.98. The van der Waals surface area contributed by atoms with Crippen LogP contribution in [0.25, 0.3) is 0 Å². The molecule has 1 N–H and O–H groups in total. The summed E-state index contributed by atoms with van der Waals surface area (Å²) >= 11 is 0. The first-order valence-corrected chi connectivity index (χ1v) is 5.45. The maximum absolute atomic E-state index is 11.0. The van der Waals surface area contributed by atoms with Gasteiger partial charge in [0.05, 0.1) is 12.2 Å². The van der Waals surface area contributed by atoms with Gasteiger partial charge in [0.1, 0.15) is 0 Å². The van der Waals surface area contributed by atoms with E-state index in [1.807, 2.05) is 30.3 Å². The van der Waals surface area contributed by atoms with Crippen molar-refractivity contribution < 1.29 is 19.4 Å². The normalized spacial score (nSPS) is 12.6. The Kier molecular flexibility index (Phi) is 4.77. The highest BCUT2D eigenvalue weighted by Gasteiger charge is 2.36. The quantitative estimate of drug-likeness (QED) is 0.615. The van der Waals surface area contributed by atoms with Gasteiger partial charge in [0, 0.05) is 0 Å². The third-order valence-electron chi connectivity index (χ3n) is 2.53. The van der Waals surface area contributed by atoms with Crippen molar-refractivity contribution in [2.24, 2.45) is 4.99 Å². The minimum Gasteiger partial charge on any atom is -0.480 e. The predicted molar refractivity (Wildman–Crippen MR) is 64.9 cm³/mol. The summed E-state index contributed by atoms with van der Waals surface area (Å²) in [7, 11) is 0. The first-order valence-electron chi connectivity index (χ1n) is 5.45. The number of carbonyl (C=O) groups is 1. The average Bonchev–Trinajstić information content (AvgIpc) is 2.34. The molecule has 0 bridgehead atoms. The number of hydrogen-bond acceptors (Lipinski definition) is 4. The van der Waals surface area contributed by atoms with E-state index in [9.17, 15) is 9.59 Å². The first-order chi connectivity index (χ1) is 8.47. The second kappa shape index (κ2) is 6.10. The van der Waals surface area contributed by atoms with Crippen LogP contribution in [-0.2, 0) is 20.9 Å². The standard InChI is InChI=1S/C13H15NO4/c1-13(2,11(12(16)17)14-9-15)18-8-10-6-4-3-5-7-10/h3-7,11H,8H2,1-2H3,(H,16,17). The first kappa shape index (κ1) is 14.1. The topological polar surface area (TPSA) is 76.0 Å². The summed E-state index contributed by atoms with van der Waals surface area (Å²) in [6, 6.07) is 8.09. The van der Waals surface area contributed by atoms with Crippen LogP contribution in [0.1, 0.15) is 19.4 Å². The monoisotopic (exact) mass is 249 g/mol. The minimum atomic E-state index is -1.27. The third kappa shape index (κ3) is 3.80. The molecule has 5 nitrogen and oxygen atoms in total. The van der Waals surface area contributed by atoms with Gasteiger partial charge in [-0.05, 0) is 19.4 Å². The lowest BCUT2D eigenvalue weighted by Crippen LogP contribution is -2.43. The molecule has 0 aliphatic heterocycles. The lowest BCUT2D eigenvalue weighted by Gasteiger charge is -2.28. The zero-order chi connectivity index (χ0) is 13.6. The van der Waals surface area contributed by atoms with E-state index in [1.165, 1.54) is 6.08 Å². The molecule has 1 unspecified atom stereocenters. The van der Waals surface area contributed by atoms with Gasteiger partial charge in [0.15, 0.2) is 6.04 Å². The number of hydrogen-bond donors (Lipinski definition) is 1. The van der Waals surface area contributed by atoms with E-state index in [-0.39, 0.29) is 6.61 Å². The van der Waals surface area contributed by atoms with E-state index < -0.39 is 17.6 Å². The molecular weight excluding hydrogens is 234 g/mol. The Labute approximate surface area is 105 Å². The van der Waals surface area contributed by atoms with E-state index in [4.69, 9.17) is 9.84 Å². The molecule has 1 atom stereocenters. The number of isocyanates is 1. The molecule has 0 aliphatic rings. The van der Waals surface area contributed by atoms with Gasteiger partial charge >= 0.3 is 5.97 Å². The minimum absolute atomic E-state index is 0.256. The Morgan fingerprint density at radius 1 is 1.44 bits per heavy atom. The second-order valence-corrected chi connectivity index (χ2v) is 4.34. The van der Waals surface area contributed by atoms with Crippen molar-refractivity contribution in [1.82, 2.24) is 0 Å². The van der Waals surface area contributed by atoms with E-state index in [0.29, 0.717) is 0 Å². The van der Waals surface area contributed by atoms with Crippen molar-refractivity contribution in [3.63, 3.8) is 0 Å². The van der Waals surface area contributed by atoms with Crippen LogP contribution < -0.4 is 0 Å². The Morgan fingerprint density at radius 2 is 2.06 bits per heavy atom. The molecule has 1 aromatic carbocycles. The Balaban J connectivity index is 2.74. The lowest BCUT2D eigenvalue weighted by atomic mass is 9.99. The van der Waals surface area contributed by atoms with Gasteiger partial charge in [-0.3, -0.25) is 0 Å². The van der Waals surface area contributed by atoms with Crippen LogP contribution >= 0.6 is 0 Å². The zero-order valence-corrected chi connectivity index (χ0v) is 10.3. The maximum Gasteiger partial charge on any atom is 0.332 e. The van der Waals surface area contributed by atoms with Gasteiger partial charge < -0.3 is 9.84 Å². The number of ether oxygens (including phenoxy) is 1. The van der Waals surface area contributed by atoms with E-state index in [1.54, 1.807) is 13.8 Å². The summed E-state index contributed by atoms with van der Waals surface area (Å²) in [5.74, 6) is -1.21. The molecule has 0 aromatic heterocycles. The zero-order valence-electron chi connectivity index (χ0n) is 10.3. The highest BCUT2D eigenvalue weighted by molar-refractivity contribution is 5.76. The fourth-order valence-corrected chi connectivity index (χ4v) is 1.48. The molecule has 0 aliphatic carbocycles. The highest BCUT2D eigenvalue weighted by Crippen LogP contribution is 2.20. The molecule has 1 aromatic rings. The summed E-state index contributed by atoms with van der Waals surface area (Å²) in [6.07, 6.45) is 1.27. The molecule has 0 saturated heterocycles. The summed E-state index contributed by atoms with van der Waals surface area (Å²) in [6.45, 7) is 3.41. The Bertz CT molecular complexity index is 447. The van der Waals surface area contributed by atoms with Gasteiger partial charge in [-0.15, -0.1) is 0 Å². The Morgan fingerprint density at radius 3 is 2.56 bits per heavy atom. The average molecular weight is 249 g/mol. The van der Waals surface area contributed by atoms with Crippen LogP contribution in [0.2, 0.25) is 0 Å². The van der Waals surface area contributed by atoms with Crippen molar-refractivity contribution >= 4 is 12.0 Å². The van der Waals surface area contributed by atoms with Crippen LogP contribution in [0.3, 0.4) is 0 Å². The fourth-order valence-electron chi connectivity index (χ4n) is 1.48. The molecule has 96 valence electrons. The van der Waals surface area contributed by atoms with Crippen LogP contribution in [0, 0.1) is 0 Å². The van der Waals surface area contributed by atoms with Gasteiger partial charge in [-0.2, -0.15) is 4.99 Å². The number of rotatable bonds is 6. The fraction of sp³-hybridized carbons (Fsp3) is 0.385. The molecule has 1 rings (SSSR count). The molecule has 0 spiro atoms. The molecule has 5 heteroatoms. The molecule has 0 heterocycles. The maximum atomic E-state index is 11.0. The van der Waals surface area contributed by atoms with Gasteiger partial charge in [-0.25, -0.2) is 9.59 Å². The van der Waals surface area contributed by atoms with Crippen molar-refractivity contribution in [2.45, 2.75) is 32.1 Å². The smallest absolute Gasteiger partial charge is 0.332 e. The predicted octanol–water partition coefficient (Wildman–Crippen LogP) is 1.77. The number of carboxylic acid groups (broad SMARTS) is 1. The van der Waals surface area contributed by atoms with Gasteiger partial charge in [-0.1, -0.05) is 30.3 Å². The molecule has 18 heavy (non-hydrogen) atoms. The molecule has 0 saturated carbocycles. The van der Waals surface area contributed by atoms with Gasteiger partial charge in [0.2, 0.25) is 6.08 Å². The van der Waals surface area contributed by atoms with Crippen LogP contribution in [-0.4, -0.2) is 28.8 Å². The Hall–Kier alpha value is -1.97. The summed E-state index contributed by atoms with van der Waals surface area (Å²) in [4.78, 5) is 24.5. The highest BCUT2D eigenvalue weighted by atomic mass is 16.5. The third-order valence-corrected chi connectivity index (χ3v) is 2.53. The van der Waals surface area contributed by atoms with E-state index in [2.05, 4.69) is 4.99 Å². The van der Waals surface area contributed by atoms with Crippen LogP contribution in [0.15, 0.2) is 35.3 Å². The molecule has 0 amide bonds. The van der Waals surface area contributed by atoms with Crippen molar-refractivity contribution in [3.05, 3.63) is 35.9 Å². The van der Waals surface area contributed by atoms with Gasteiger partial charge in [0.25, 0.3) is 0 Å². The number of carboxylic acids is 1. The number of aliphatic imine (C=N–C) groups is 1. The van der Waals surface area contributed by atoms with Crippen LogP contribution in [0.4, 0.5) is 0 Å². The number of nitrogens with zero attached hydrogens (tertiary/aromatic N) is 1. The van der Waals surface area contributed by atoms with E-state index >= 15 is 0 Å². The summed E-state index contributed by atoms with van der Waals surface area (Å²) in [5.41, 5.74) is -0.163. The second-order valence-electron chi connectivity index (χ2n) is 4.34. The number of aliphatic carboxylic acids is 1. The molecular formula is C13H15NO4. The van der Waals surface area contributed by atoms with Crippen molar-refractivity contribution in [2.75, 3.05) is 0 Å².